The van der Waals surface area contributed by atoms with Crippen LogP contribution in [0.1, 0.15) is 34.2 Å². The second kappa shape index (κ2) is 6.18. The average Bonchev–Trinajstić information content (AvgIpc) is 3.18. The zero-order valence-corrected chi connectivity index (χ0v) is 16.0. The van der Waals surface area contributed by atoms with Gasteiger partial charge in [0, 0.05) is 23.1 Å². The van der Waals surface area contributed by atoms with Crippen molar-refractivity contribution in [2.45, 2.75) is 12.0 Å². The quantitative estimate of drug-likeness (QED) is 0.588. The van der Waals surface area contributed by atoms with Crippen molar-refractivity contribution in [3.05, 3.63) is 125 Å². The molecule has 0 spiro atoms. The molecule has 0 radical (unpaired) electrons. The Morgan fingerprint density at radius 1 is 0.828 bits per heavy atom. The molecule has 0 atom stereocenters. The number of fused-ring (bicyclic) bond motifs is 5. The van der Waals surface area contributed by atoms with Gasteiger partial charge in [-0.2, -0.15) is 0 Å². The lowest BCUT2D eigenvalue weighted by Crippen LogP contribution is -2.44. The summed E-state index contributed by atoms with van der Waals surface area (Å²) in [7, 11) is 0. The molecule has 1 aliphatic carbocycles. The van der Waals surface area contributed by atoms with Crippen LogP contribution in [0, 0.1) is 0 Å². The number of nitrogens with one attached hydrogen (secondary N) is 1. The van der Waals surface area contributed by atoms with E-state index in [4.69, 9.17) is 4.99 Å². The molecule has 0 bridgehead atoms. The maximum absolute atomic E-state index is 4.98. The zero-order valence-electron chi connectivity index (χ0n) is 16.0. The van der Waals surface area contributed by atoms with Crippen LogP contribution in [0.3, 0.4) is 0 Å². The molecule has 2 heteroatoms. The first-order valence-corrected chi connectivity index (χ1v) is 10.1. The van der Waals surface area contributed by atoms with E-state index >= 15 is 0 Å². The topological polar surface area (TPSA) is 24.4 Å². The highest BCUT2D eigenvalue weighted by molar-refractivity contribution is 6.30. The monoisotopic (exact) mass is 372 g/mol. The standard InChI is InChI=1S/C27H20N2/c1-3-9-20(10-4-1)27(21-11-5-2-6-12-21)26-19(17-18-28-27)15-16-24-25(26)22-13-7-8-14-23(22)29-24/h1-13,15-18,28H,14H2. The summed E-state index contributed by atoms with van der Waals surface area (Å²) in [6.45, 7) is 0. The van der Waals surface area contributed by atoms with Crippen LogP contribution >= 0.6 is 0 Å². The number of rotatable bonds is 2. The largest absolute Gasteiger partial charge is 0.374 e. The van der Waals surface area contributed by atoms with E-state index in [0.717, 1.165) is 12.1 Å². The Morgan fingerprint density at radius 2 is 1.55 bits per heavy atom. The third-order valence-corrected chi connectivity index (χ3v) is 6.11. The van der Waals surface area contributed by atoms with Crippen molar-refractivity contribution in [2.24, 2.45) is 4.99 Å². The van der Waals surface area contributed by atoms with Gasteiger partial charge in [0.1, 0.15) is 5.54 Å². The molecule has 2 nitrogen and oxygen atoms in total. The van der Waals surface area contributed by atoms with E-state index in [-0.39, 0.29) is 0 Å². The van der Waals surface area contributed by atoms with E-state index in [0.29, 0.717) is 0 Å². The van der Waals surface area contributed by atoms with Crippen LogP contribution in [0.15, 0.2) is 102 Å². The number of nitrogens with zero attached hydrogens (tertiary/aromatic N) is 1. The summed E-state index contributed by atoms with van der Waals surface area (Å²) in [6.07, 6.45) is 11.7. The summed E-state index contributed by atoms with van der Waals surface area (Å²) in [5.74, 6) is 0. The molecule has 138 valence electrons. The molecule has 3 aliphatic rings. The molecule has 0 aromatic heterocycles. The van der Waals surface area contributed by atoms with Gasteiger partial charge >= 0.3 is 0 Å². The predicted octanol–water partition coefficient (Wildman–Crippen LogP) is 5.98. The van der Waals surface area contributed by atoms with Crippen LogP contribution < -0.4 is 5.32 Å². The lowest BCUT2D eigenvalue weighted by molar-refractivity contribution is 0.544. The van der Waals surface area contributed by atoms with Crippen LogP contribution in [0.25, 0.3) is 11.6 Å². The van der Waals surface area contributed by atoms with Crippen molar-refractivity contribution in [1.29, 1.82) is 0 Å². The van der Waals surface area contributed by atoms with Crippen LogP contribution in [-0.4, -0.2) is 5.71 Å². The minimum atomic E-state index is -0.467. The molecule has 29 heavy (non-hydrogen) atoms. The molecule has 3 aromatic carbocycles. The van der Waals surface area contributed by atoms with Crippen molar-refractivity contribution in [1.82, 2.24) is 5.32 Å². The smallest absolute Gasteiger partial charge is 0.115 e. The molecular formula is C27H20N2. The molecule has 0 amide bonds. The van der Waals surface area contributed by atoms with Gasteiger partial charge in [-0.1, -0.05) is 85.0 Å². The van der Waals surface area contributed by atoms with Crippen molar-refractivity contribution < 1.29 is 0 Å². The highest BCUT2D eigenvalue weighted by Gasteiger charge is 2.42. The minimum absolute atomic E-state index is 0.467. The van der Waals surface area contributed by atoms with Gasteiger partial charge in [0.15, 0.2) is 0 Å². The Hall–Kier alpha value is -3.65. The Labute approximate surface area is 170 Å². The van der Waals surface area contributed by atoms with Gasteiger partial charge < -0.3 is 5.32 Å². The fraction of sp³-hybridized carbons (Fsp3) is 0.0741. The number of allylic oxidation sites excluding steroid dienone is 4. The number of benzene rings is 3. The SMILES string of the molecule is C1=CCC2=Nc3ccc4c(c3C2=C1)C(c1ccccc1)(c1ccccc1)NC=C4. The molecular weight excluding hydrogens is 352 g/mol. The van der Waals surface area contributed by atoms with Crippen molar-refractivity contribution >= 4 is 23.0 Å². The molecule has 0 unspecified atom stereocenters. The van der Waals surface area contributed by atoms with Crippen molar-refractivity contribution in [2.75, 3.05) is 0 Å². The van der Waals surface area contributed by atoms with Crippen LogP contribution in [0.2, 0.25) is 0 Å². The lowest BCUT2D eigenvalue weighted by Gasteiger charge is -2.41. The molecule has 0 fully saturated rings. The van der Waals surface area contributed by atoms with Crippen LogP contribution in [-0.2, 0) is 5.54 Å². The molecule has 2 heterocycles. The summed E-state index contributed by atoms with van der Waals surface area (Å²) in [5, 5.41) is 3.77. The van der Waals surface area contributed by atoms with E-state index < -0.39 is 5.54 Å². The Bertz CT molecular complexity index is 1190. The summed E-state index contributed by atoms with van der Waals surface area (Å²) in [6, 6.07) is 25.9. The Morgan fingerprint density at radius 3 is 2.28 bits per heavy atom. The van der Waals surface area contributed by atoms with E-state index in [2.05, 4.69) is 109 Å². The Kier molecular flexibility index (Phi) is 3.48. The van der Waals surface area contributed by atoms with Crippen molar-refractivity contribution in [3.63, 3.8) is 0 Å². The first-order chi connectivity index (χ1) is 14.4. The number of hydrogen-bond acceptors (Lipinski definition) is 2. The van der Waals surface area contributed by atoms with Gasteiger partial charge in [0.05, 0.1) is 11.4 Å². The molecule has 0 saturated carbocycles. The van der Waals surface area contributed by atoms with Gasteiger partial charge in [0.2, 0.25) is 0 Å². The molecule has 3 aromatic rings. The number of aliphatic imine (C=N–C) groups is 1. The third-order valence-electron chi connectivity index (χ3n) is 6.11. The Balaban J connectivity index is 1.73. The maximum Gasteiger partial charge on any atom is 0.115 e. The van der Waals surface area contributed by atoms with Crippen LogP contribution in [0.4, 0.5) is 5.69 Å². The zero-order chi connectivity index (χ0) is 19.3. The second-order valence-corrected chi connectivity index (χ2v) is 7.65. The summed E-state index contributed by atoms with van der Waals surface area (Å²) < 4.78 is 0. The third kappa shape index (κ3) is 2.26. The van der Waals surface area contributed by atoms with E-state index in [9.17, 15) is 0 Å². The van der Waals surface area contributed by atoms with E-state index in [1.54, 1.807) is 0 Å². The maximum atomic E-state index is 4.98. The molecule has 2 aliphatic heterocycles. The van der Waals surface area contributed by atoms with E-state index in [1.807, 2.05) is 0 Å². The minimum Gasteiger partial charge on any atom is -0.374 e. The van der Waals surface area contributed by atoms with Gasteiger partial charge in [-0.25, -0.2) is 0 Å². The van der Waals surface area contributed by atoms with Gasteiger partial charge in [0.25, 0.3) is 0 Å². The van der Waals surface area contributed by atoms with Crippen LogP contribution in [0.5, 0.6) is 0 Å². The fourth-order valence-electron chi connectivity index (χ4n) is 4.87. The summed E-state index contributed by atoms with van der Waals surface area (Å²) in [5.41, 5.74) is 9.26. The first kappa shape index (κ1) is 16.3. The van der Waals surface area contributed by atoms with Gasteiger partial charge in [-0.05, 0) is 35.0 Å². The molecule has 6 rings (SSSR count). The molecule has 0 saturated heterocycles. The van der Waals surface area contributed by atoms with Crippen molar-refractivity contribution in [3.8, 4) is 0 Å². The lowest BCUT2D eigenvalue weighted by atomic mass is 9.70. The highest BCUT2D eigenvalue weighted by atomic mass is 15.0. The fourth-order valence-corrected chi connectivity index (χ4v) is 4.87. The highest BCUT2D eigenvalue weighted by Crippen LogP contribution is 2.50. The normalized spacial score (nSPS) is 17.5. The van der Waals surface area contributed by atoms with Gasteiger partial charge in [-0.15, -0.1) is 0 Å². The van der Waals surface area contributed by atoms with Gasteiger partial charge in [-0.3, -0.25) is 4.99 Å². The second-order valence-electron chi connectivity index (χ2n) is 7.65. The summed E-state index contributed by atoms with van der Waals surface area (Å²) >= 11 is 0. The average molecular weight is 372 g/mol. The predicted molar refractivity (Wildman–Crippen MR) is 120 cm³/mol. The summed E-state index contributed by atoms with van der Waals surface area (Å²) in [4.78, 5) is 4.98. The number of hydrogen-bond donors (Lipinski definition) is 1. The first-order valence-electron chi connectivity index (χ1n) is 10.1. The van der Waals surface area contributed by atoms with E-state index in [1.165, 1.54) is 39.1 Å². The molecule has 1 N–H and O–H groups in total.